The molecule has 1 amide bonds. The van der Waals surface area contributed by atoms with Crippen LogP contribution in [0.15, 0.2) is 88.8 Å². The van der Waals surface area contributed by atoms with Crippen LogP contribution in [-0.4, -0.2) is 21.8 Å². The van der Waals surface area contributed by atoms with Gasteiger partial charge in [0.1, 0.15) is 5.58 Å². The molecular formula is C26H20N2O4. The second kappa shape index (κ2) is 7.50. The molecule has 0 spiro atoms. The lowest BCUT2D eigenvalue weighted by Crippen LogP contribution is -2.31. The Bertz CT molecular complexity index is 1370. The third-order valence-corrected chi connectivity index (χ3v) is 5.96. The maximum absolute atomic E-state index is 13.6. The molecular weight excluding hydrogens is 404 g/mol. The SMILES string of the molecule is Cc1cccc(N2C(=O)C(O)=C(C(=O)c3cc4ccccc4o3)C2c2ccncc2)c1C. The predicted molar refractivity (Wildman–Crippen MR) is 121 cm³/mol. The average Bonchev–Trinajstić information content (AvgIpc) is 3.35. The van der Waals surface area contributed by atoms with Crippen LogP contribution in [0.5, 0.6) is 0 Å². The minimum Gasteiger partial charge on any atom is -0.503 e. The molecule has 5 rings (SSSR count). The number of aryl methyl sites for hydroxylation is 1. The first-order valence-corrected chi connectivity index (χ1v) is 10.2. The Morgan fingerprint density at radius 1 is 1.03 bits per heavy atom. The summed E-state index contributed by atoms with van der Waals surface area (Å²) in [5.74, 6) is -1.65. The van der Waals surface area contributed by atoms with E-state index in [-0.39, 0.29) is 11.3 Å². The van der Waals surface area contributed by atoms with Gasteiger partial charge in [0.25, 0.3) is 5.91 Å². The zero-order valence-corrected chi connectivity index (χ0v) is 17.6. The van der Waals surface area contributed by atoms with Gasteiger partial charge in [0, 0.05) is 23.5 Å². The number of Topliss-reactive ketones (excluding diaryl/α,β-unsaturated/α-hetero) is 1. The number of carbonyl (C=O) groups excluding carboxylic acids is 2. The number of pyridine rings is 1. The summed E-state index contributed by atoms with van der Waals surface area (Å²) in [7, 11) is 0. The highest BCUT2D eigenvalue weighted by Gasteiger charge is 2.45. The smallest absolute Gasteiger partial charge is 0.294 e. The number of hydrogen-bond donors (Lipinski definition) is 1. The number of aliphatic hydroxyl groups is 1. The first-order chi connectivity index (χ1) is 15.5. The van der Waals surface area contributed by atoms with Crippen molar-refractivity contribution in [3.8, 4) is 0 Å². The molecule has 0 saturated heterocycles. The molecule has 1 atom stereocenters. The van der Waals surface area contributed by atoms with Crippen molar-refractivity contribution in [2.24, 2.45) is 0 Å². The van der Waals surface area contributed by atoms with E-state index in [1.54, 1.807) is 36.7 Å². The van der Waals surface area contributed by atoms with E-state index in [9.17, 15) is 14.7 Å². The van der Waals surface area contributed by atoms with Crippen molar-refractivity contribution in [3.05, 3.63) is 107 Å². The number of hydrogen-bond acceptors (Lipinski definition) is 5. The van der Waals surface area contributed by atoms with Gasteiger partial charge in [0.2, 0.25) is 5.78 Å². The number of amides is 1. The highest BCUT2D eigenvalue weighted by molar-refractivity contribution is 6.20. The summed E-state index contributed by atoms with van der Waals surface area (Å²) in [5, 5.41) is 11.7. The number of para-hydroxylation sites is 1. The molecule has 2 aromatic carbocycles. The number of ketones is 1. The van der Waals surface area contributed by atoms with Crippen LogP contribution in [0, 0.1) is 13.8 Å². The van der Waals surface area contributed by atoms with Gasteiger partial charge in [-0.25, -0.2) is 0 Å². The van der Waals surface area contributed by atoms with Gasteiger partial charge >= 0.3 is 0 Å². The Kier molecular flexibility index (Phi) is 4.63. The second-order valence-corrected chi connectivity index (χ2v) is 7.82. The van der Waals surface area contributed by atoms with Gasteiger partial charge in [-0.1, -0.05) is 30.3 Å². The van der Waals surface area contributed by atoms with E-state index < -0.39 is 23.5 Å². The van der Waals surface area contributed by atoms with E-state index in [0.717, 1.165) is 16.5 Å². The van der Waals surface area contributed by atoms with Gasteiger partial charge in [-0.3, -0.25) is 19.5 Å². The molecule has 158 valence electrons. The Balaban J connectivity index is 1.69. The van der Waals surface area contributed by atoms with Crippen molar-refractivity contribution in [1.29, 1.82) is 0 Å². The molecule has 0 aliphatic carbocycles. The number of benzene rings is 2. The van der Waals surface area contributed by atoms with E-state index in [1.165, 1.54) is 4.90 Å². The average molecular weight is 424 g/mol. The van der Waals surface area contributed by atoms with Crippen LogP contribution in [-0.2, 0) is 4.79 Å². The maximum atomic E-state index is 13.6. The fourth-order valence-electron chi connectivity index (χ4n) is 4.17. The van der Waals surface area contributed by atoms with Crippen LogP contribution >= 0.6 is 0 Å². The lowest BCUT2D eigenvalue weighted by molar-refractivity contribution is -0.117. The highest BCUT2D eigenvalue weighted by atomic mass is 16.3. The van der Waals surface area contributed by atoms with Crippen LogP contribution < -0.4 is 4.90 Å². The van der Waals surface area contributed by atoms with Gasteiger partial charge in [-0.15, -0.1) is 0 Å². The molecule has 0 fully saturated rings. The fourth-order valence-corrected chi connectivity index (χ4v) is 4.17. The number of carbonyl (C=O) groups is 2. The first-order valence-electron chi connectivity index (χ1n) is 10.2. The zero-order valence-electron chi connectivity index (χ0n) is 17.6. The van der Waals surface area contributed by atoms with Gasteiger partial charge in [-0.2, -0.15) is 0 Å². The van der Waals surface area contributed by atoms with E-state index in [2.05, 4.69) is 4.98 Å². The van der Waals surface area contributed by atoms with Crippen molar-refractivity contribution in [2.45, 2.75) is 19.9 Å². The maximum Gasteiger partial charge on any atom is 0.294 e. The van der Waals surface area contributed by atoms with Crippen LogP contribution in [0.2, 0.25) is 0 Å². The van der Waals surface area contributed by atoms with Crippen LogP contribution in [0.1, 0.15) is 33.3 Å². The highest BCUT2D eigenvalue weighted by Crippen LogP contribution is 2.43. The summed E-state index contributed by atoms with van der Waals surface area (Å²) >= 11 is 0. The Morgan fingerprint density at radius 3 is 2.53 bits per heavy atom. The Hall–Kier alpha value is -4.19. The number of anilines is 1. The van der Waals surface area contributed by atoms with E-state index in [4.69, 9.17) is 4.42 Å². The zero-order chi connectivity index (χ0) is 22.4. The minimum absolute atomic E-state index is 0.0128. The topological polar surface area (TPSA) is 83.6 Å². The van der Waals surface area contributed by atoms with Crippen molar-refractivity contribution in [3.63, 3.8) is 0 Å². The van der Waals surface area contributed by atoms with E-state index >= 15 is 0 Å². The van der Waals surface area contributed by atoms with Gasteiger partial charge in [0.15, 0.2) is 11.5 Å². The Labute approximate surface area is 184 Å². The molecule has 32 heavy (non-hydrogen) atoms. The molecule has 0 bridgehead atoms. The van der Waals surface area contributed by atoms with Crippen LogP contribution in [0.25, 0.3) is 11.0 Å². The van der Waals surface area contributed by atoms with E-state index in [1.807, 2.05) is 50.2 Å². The summed E-state index contributed by atoms with van der Waals surface area (Å²) in [6.45, 7) is 3.87. The molecule has 2 aromatic heterocycles. The van der Waals surface area contributed by atoms with Gasteiger partial charge in [0.05, 0.1) is 11.6 Å². The molecule has 4 aromatic rings. The summed E-state index contributed by atoms with van der Waals surface area (Å²) < 4.78 is 5.76. The van der Waals surface area contributed by atoms with E-state index in [0.29, 0.717) is 16.8 Å². The molecule has 1 N–H and O–H groups in total. The third kappa shape index (κ3) is 3.00. The molecule has 3 heterocycles. The molecule has 6 heteroatoms. The number of rotatable bonds is 4. The summed E-state index contributed by atoms with van der Waals surface area (Å²) in [6.07, 6.45) is 3.19. The van der Waals surface area contributed by atoms with Crippen molar-refractivity contribution < 1.29 is 19.1 Å². The van der Waals surface area contributed by atoms with Gasteiger partial charge in [-0.05, 0) is 60.9 Å². The lowest BCUT2D eigenvalue weighted by atomic mass is 9.95. The number of fused-ring (bicyclic) bond motifs is 1. The van der Waals surface area contributed by atoms with Crippen LogP contribution in [0.3, 0.4) is 0 Å². The largest absolute Gasteiger partial charge is 0.503 e. The lowest BCUT2D eigenvalue weighted by Gasteiger charge is -2.28. The Morgan fingerprint density at radius 2 is 1.78 bits per heavy atom. The third-order valence-electron chi connectivity index (χ3n) is 5.96. The predicted octanol–water partition coefficient (Wildman–Crippen LogP) is 5.23. The fraction of sp³-hybridized carbons (Fsp3) is 0.115. The van der Waals surface area contributed by atoms with Crippen molar-refractivity contribution in [1.82, 2.24) is 4.98 Å². The van der Waals surface area contributed by atoms with Crippen molar-refractivity contribution >= 4 is 28.3 Å². The van der Waals surface area contributed by atoms with Crippen LogP contribution in [0.4, 0.5) is 5.69 Å². The minimum atomic E-state index is -0.813. The monoisotopic (exact) mass is 424 g/mol. The quantitative estimate of drug-likeness (QED) is 0.454. The molecule has 1 aliphatic rings. The van der Waals surface area contributed by atoms with Crippen molar-refractivity contribution in [2.75, 3.05) is 4.90 Å². The first kappa shape index (κ1) is 19.8. The number of aromatic nitrogens is 1. The summed E-state index contributed by atoms with van der Waals surface area (Å²) in [4.78, 5) is 32.4. The molecule has 0 saturated carbocycles. The molecule has 1 unspecified atom stereocenters. The summed E-state index contributed by atoms with van der Waals surface area (Å²) in [6, 6.07) is 17.2. The number of nitrogens with zero attached hydrogens (tertiary/aromatic N) is 2. The normalized spacial score (nSPS) is 16.2. The molecule has 6 nitrogen and oxygen atoms in total. The molecule has 1 aliphatic heterocycles. The van der Waals surface area contributed by atoms with Gasteiger partial charge < -0.3 is 9.52 Å². The second-order valence-electron chi connectivity index (χ2n) is 7.82. The number of aliphatic hydroxyl groups excluding tert-OH is 1. The molecule has 0 radical (unpaired) electrons. The standard InChI is InChI=1S/C26H20N2O4/c1-15-6-5-8-19(16(15)2)28-23(17-10-12-27-13-11-17)22(25(30)26(28)31)24(29)21-14-18-7-3-4-9-20(18)32-21/h3-14,23,30H,1-2H3. The number of furan rings is 1. The summed E-state index contributed by atoms with van der Waals surface area (Å²) in [5.41, 5.74) is 3.74.